The quantitative estimate of drug-likeness (QED) is 0.312. The molecule has 4 aliphatic rings. The minimum absolute atomic E-state index is 0.293. The number of β-amino-alcohol motifs (C(OH)–C–C–N with tert-alkyl or cyclic N) is 1. The molecule has 0 radical (unpaired) electrons. The van der Waals surface area contributed by atoms with Gasteiger partial charge in [-0.3, -0.25) is 15.0 Å². The third kappa shape index (κ3) is 4.56. The number of aryl methyl sites for hydroxylation is 2. The van der Waals surface area contributed by atoms with Crippen molar-refractivity contribution >= 4 is 27.6 Å². The van der Waals surface area contributed by atoms with E-state index in [1.54, 1.807) is 0 Å². The number of pyridine rings is 1. The number of piperidine rings is 1. The first-order valence-electron chi connectivity index (χ1n) is 15.8. The molecular weight excluding hydrogens is 545 g/mol. The van der Waals surface area contributed by atoms with E-state index in [4.69, 9.17) is 19.7 Å². The van der Waals surface area contributed by atoms with E-state index in [0.29, 0.717) is 38.0 Å². The van der Waals surface area contributed by atoms with Gasteiger partial charge in [0.15, 0.2) is 0 Å². The van der Waals surface area contributed by atoms with Crippen LogP contribution in [0.2, 0.25) is 0 Å². The van der Waals surface area contributed by atoms with Crippen LogP contribution in [0.1, 0.15) is 74.5 Å². The predicted molar refractivity (Wildman–Crippen MR) is 164 cm³/mol. The van der Waals surface area contributed by atoms with Crippen molar-refractivity contribution in [2.24, 2.45) is 0 Å². The highest BCUT2D eigenvalue weighted by molar-refractivity contribution is 6.01. The van der Waals surface area contributed by atoms with Crippen LogP contribution in [0.15, 0.2) is 18.5 Å². The van der Waals surface area contributed by atoms with Crippen LogP contribution in [0.25, 0.3) is 33.1 Å². The van der Waals surface area contributed by atoms with E-state index in [-0.39, 0.29) is 5.54 Å². The molecule has 3 saturated heterocycles. The topological polar surface area (TPSA) is 103 Å². The molecule has 0 unspecified atom stereocenters. The van der Waals surface area contributed by atoms with Crippen LogP contribution in [0.4, 0.5) is 10.2 Å². The van der Waals surface area contributed by atoms with Crippen molar-refractivity contribution in [1.82, 2.24) is 30.0 Å². The molecule has 0 spiro atoms. The molecule has 2 N–H and O–H groups in total. The maximum absolute atomic E-state index is 14.5. The van der Waals surface area contributed by atoms with Crippen LogP contribution in [-0.4, -0.2) is 85.3 Å². The summed E-state index contributed by atoms with van der Waals surface area (Å²) in [5.41, 5.74) is 6.31. The first-order chi connectivity index (χ1) is 20.7. The summed E-state index contributed by atoms with van der Waals surface area (Å²) in [6.07, 6.45) is 9.43. The summed E-state index contributed by atoms with van der Waals surface area (Å²) in [5, 5.41) is 20.4. The molecule has 8 rings (SSSR count). The first-order valence-corrected chi connectivity index (χ1v) is 15.8. The number of rotatable bonds is 6. The van der Waals surface area contributed by atoms with Crippen molar-refractivity contribution in [2.75, 3.05) is 37.7 Å². The van der Waals surface area contributed by atoms with Crippen molar-refractivity contribution in [3.8, 4) is 17.3 Å². The average Bonchev–Trinajstić information content (AvgIpc) is 3.43. The first kappa shape index (κ1) is 27.2. The van der Waals surface area contributed by atoms with Gasteiger partial charge in [-0.15, -0.1) is 0 Å². The summed E-state index contributed by atoms with van der Waals surface area (Å²) >= 11 is 0. The Hall–Kier alpha value is -3.37. The Bertz CT molecular complexity index is 1730. The predicted octanol–water partition coefficient (Wildman–Crippen LogP) is 5.37. The zero-order valence-corrected chi connectivity index (χ0v) is 25.3. The highest BCUT2D eigenvalue weighted by Crippen LogP contribution is 2.49. The molecule has 6 heterocycles. The van der Waals surface area contributed by atoms with Crippen LogP contribution in [0, 0.1) is 13.8 Å². The van der Waals surface area contributed by atoms with E-state index in [2.05, 4.69) is 39.9 Å². The lowest BCUT2D eigenvalue weighted by atomic mass is 9.90. The van der Waals surface area contributed by atoms with Crippen LogP contribution < -0.4 is 9.64 Å². The summed E-state index contributed by atoms with van der Waals surface area (Å²) in [7, 11) is 0. The summed E-state index contributed by atoms with van der Waals surface area (Å²) in [5.74, 6) is 1.26. The molecule has 43 heavy (non-hydrogen) atoms. The van der Waals surface area contributed by atoms with Crippen molar-refractivity contribution < 1.29 is 14.2 Å². The fourth-order valence-electron chi connectivity index (χ4n) is 8.18. The van der Waals surface area contributed by atoms with Crippen molar-refractivity contribution in [1.29, 1.82) is 0 Å². The van der Waals surface area contributed by atoms with Gasteiger partial charge in [-0.05, 0) is 89.0 Å². The van der Waals surface area contributed by atoms with Crippen LogP contribution in [0.3, 0.4) is 0 Å². The van der Waals surface area contributed by atoms with E-state index in [9.17, 15) is 9.50 Å². The number of benzene rings is 1. The minimum atomic E-state index is -0.821. The van der Waals surface area contributed by atoms with Gasteiger partial charge in [0.2, 0.25) is 0 Å². The average molecular weight is 586 g/mol. The molecule has 1 aliphatic carbocycles. The minimum Gasteiger partial charge on any atom is -0.461 e. The van der Waals surface area contributed by atoms with Crippen molar-refractivity contribution in [3.05, 3.63) is 35.2 Å². The molecule has 1 saturated carbocycles. The Balaban J connectivity index is 1.27. The number of hydrogen-bond donors (Lipinski definition) is 2. The summed E-state index contributed by atoms with van der Waals surface area (Å²) in [6, 6.07) is 2.50. The molecule has 226 valence electrons. The molecule has 10 heteroatoms. The monoisotopic (exact) mass is 585 g/mol. The van der Waals surface area contributed by atoms with Crippen LogP contribution in [-0.2, 0) is 0 Å². The van der Waals surface area contributed by atoms with Gasteiger partial charge < -0.3 is 14.7 Å². The van der Waals surface area contributed by atoms with E-state index in [1.807, 2.05) is 19.3 Å². The lowest BCUT2D eigenvalue weighted by Gasteiger charge is -2.38. The van der Waals surface area contributed by atoms with Gasteiger partial charge in [0.05, 0.1) is 39.5 Å². The number of hydrogen-bond acceptors (Lipinski definition) is 8. The fourth-order valence-corrected chi connectivity index (χ4v) is 8.18. The van der Waals surface area contributed by atoms with Gasteiger partial charge in [-0.25, -0.2) is 4.39 Å². The molecule has 3 aliphatic heterocycles. The molecule has 0 bridgehead atoms. The van der Waals surface area contributed by atoms with Crippen LogP contribution >= 0.6 is 0 Å². The van der Waals surface area contributed by atoms with E-state index < -0.39 is 11.8 Å². The zero-order chi connectivity index (χ0) is 29.5. The molecule has 4 fully saturated rings. The maximum atomic E-state index is 14.5. The smallest absolute Gasteiger partial charge is 0.319 e. The third-order valence-corrected chi connectivity index (χ3v) is 10.4. The number of fused-ring (bicyclic) bond motifs is 3. The van der Waals surface area contributed by atoms with E-state index in [1.165, 1.54) is 24.0 Å². The normalized spacial score (nSPS) is 27.8. The maximum Gasteiger partial charge on any atom is 0.319 e. The van der Waals surface area contributed by atoms with E-state index in [0.717, 1.165) is 83.2 Å². The standard InChI is InChI=1S/C33H40FN7O2/c1-19-12-25-23(15-36-39-25)27(26(19)21-6-7-21)29-20(2)28-24(14-35-29)30(40-10-4-8-32(3,42)17-40)38-31(37-28)43-18-33-9-5-11-41(33)16-22(34)13-33/h12,14-15,21-22,42H,4-11,13,16-18H2,1-3H3,(H,36,39)/t22-,32-,33+/m1/s1. The Kier molecular flexibility index (Phi) is 6.21. The lowest BCUT2D eigenvalue weighted by molar-refractivity contribution is 0.0447. The summed E-state index contributed by atoms with van der Waals surface area (Å²) < 4.78 is 20.9. The Morgan fingerprint density at radius 2 is 1.95 bits per heavy atom. The van der Waals surface area contributed by atoms with Gasteiger partial charge in [0.1, 0.15) is 18.6 Å². The summed E-state index contributed by atoms with van der Waals surface area (Å²) in [6.45, 7) is 9.16. The second kappa shape index (κ2) is 9.82. The lowest BCUT2D eigenvalue weighted by Crippen LogP contribution is -2.46. The van der Waals surface area contributed by atoms with Gasteiger partial charge in [0, 0.05) is 48.8 Å². The Labute approximate surface area is 250 Å². The second-order valence-electron chi connectivity index (χ2n) is 13.8. The number of halogens is 1. The van der Waals surface area contributed by atoms with Gasteiger partial charge >= 0.3 is 6.01 Å². The molecule has 9 nitrogen and oxygen atoms in total. The summed E-state index contributed by atoms with van der Waals surface area (Å²) in [4.78, 5) is 19.5. The fraction of sp³-hybridized carbons (Fsp3) is 0.576. The van der Waals surface area contributed by atoms with Crippen molar-refractivity contribution in [2.45, 2.75) is 88.9 Å². The number of ether oxygens (including phenoxy) is 1. The molecular formula is C33H40FN7O2. The number of aromatic amines is 1. The molecule has 0 amide bonds. The molecule has 1 aromatic carbocycles. The molecule has 4 aromatic rings. The number of aliphatic hydroxyl groups is 1. The number of aromatic nitrogens is 5. The zero-order valence-electron chi connectivity index (χ0n) is 25.3. The third-order valence-electron chi connectivity index (χ3n) is 10.4. The molecule has 3 aromatic heterocycles. The Morgan fingerprint density at radius 3 is 2.77 bits per heavy atom. The van der Waals surface area contributed by atoms with Crippen molar-refractivity contribution in [3.63, 3.8) is 0 Å². The van der Waals surface area contributed by atoms with Gasteiger partial charge in [-0.2, -0.15) is 15.1 Å². The SMILES string of the molecule is Cc1cc2[nH]ncc2c(-c2ncc3c(N4CCC[C@@](C)(O)C4)nc(OC[C@@]45CCCN4C[C@H](F)C5)nc3c2C)c1C1CC1. The largest absolute Gasteiger partial charge is 0.461 e. The number of nitrogens with zero attached hydrogens (tertiary/aromatic N) is 6. The van der Waals surface area contributed by atoms with Gasteiger partial charge in [-0.1, -0.05) is 0 Å². The number of nitrogens with one attached hydrogen (secondary N) is 1. The van der Waals surface area contributed by atoms with Gasteiger partial charge in [0.25, 0.3) is 0 Å². The number of alkyl halides is 1. The van der Waals surface area contributed by atoms with Crippen LogP contribution in [0.5, 0.6) is 6.01 Å². The number of anilines is 1. The Morgan fingerprint density at radius 1 is 1.12 bits per heavy atom. The molecule has 3 atom stereocenters. The number of H-pyrrole nitrogens is 1. The highest BCUT2D eigenvalue weighted by Gasteiger charge is 2.49. The second-order valence-corrected chi connectivity index (χ2v) is 13.8. The van der Waals surface area contributed by atoms with E-state index >= 15 is 0 Å². The highest BCUT2D eigenvalue weighted by atomic mass is 19.1.